The number of nitrogens with zero attached hydrogens (tertiary/aromatic N) is 2. The van der Waals surface area contributed by atoms with Gasteiger partial charge in [0.2, 0.25) is 0 Å². The Morgan fingerprint density at radius 1 is 1.47 bits per heavy atom. The first-order chi connectivity index (χ1) is 8.06. The maximum absolute atomic E-state index is 5.92. The second-order valence-electron chi connectivity index (χ2n) is 3.92. The molecule has 2 rings (SSSR count). The summed E-state index contributed by atoms with van der Waals surface area (Å²) in [5.74, 6) is 1.47. The molecule has 1 heterocycles. The first kappa shape index (κ1) is 12.1. The van der Waals surface area contributed by atoms with Gasteiger partial charge in [-0.1, -0.05) is 15.9 Å². The van der Waals surface area contributed by atoms with Crippen LogP contribution in [0, 0.1) is 0 Å². The van der Waals surface area contributed by atoms with Gasteiger partial charge < -0.3 is 10.5 Å². The largest absolute Gasteiger partial charge is 0.454 e. The van der Waals surface area contributed by atoms with Gasteiger partial charge in [-0.25, -0.2) is 0 Å². The van der Waals surface area contributed by atoms with Crippen LogP contribution in [-0.4, -0.2) is 9.78 Å². The lowest BCUT2D eigenvalue weighted by Gasteiger charge is -2.13. The van der Waals surface area contributed by atoms with Crippen LogP contribution in [0.4, 0.5) is 0 Å². The number of benzene rings is 1. The zero-order valence-corrected chi connectivity index (χ0v) is 11.3. The first-order valence-electron chi connectivity index (χ1n) is 5.28. The smallest absolute Gasteiger partial charge is 0.165 e. The van der Waals surface area contributed by atoms with Crippen LogP contribution >= 0.6 is 15.9 Å². The highest BCUT2D eigenvalue weighted by molar-refractivity contribution is 9.10. The van der Waals surface area contributed by atoms with Gasteiger partial charge in [0, 0.05) is 23.1 Å². The molecule has 5 heteroatoms. The molecule has 1 aromatic carbocycles. The van der Waals surface area contributed by atoms with Gasteiger partial charge in [-0.2, -0.15) is 5.10 Å². The molecule has 0 aliphatic rings. The Hall–Kier alpha value is -1.33. The van der Waals surface area contributed by atoms with Crippen LogP contribution in [0.25, 0.3) is 0 Å². The molecule has 1 atom stereocenters. The summed E-state index contributed by atoms with van der Waals surface area (Å²) in [5, 5.41) is 4.06. The van der Waals surface area contributed by atoms with E-state index in [2.05, 4.69) is 21.0 Å². The second kappa shape index (κ2) is 4.89. The number of nitrogens with two attached hydrogens (primary N) is 1. The molecule has 4 nitrogen and oxygen atoms in total. The van der Waals surface area contributed by atoms with Crippen LogP contribution in [0.2, 0.25) is 0 Å². The second-order valence-corrected chi connectivity index (χ2v) is 4.84. The summed E-state index contributed by atoms with van der Waals surface area (Å²) < 4.78 is 8.45. The van der Waals surface area contributed by atoms with Crippen LogP contribution in [0.15, 0.2) is 35.1 Å². The quantitative estimate of drug-likeness (QED) is 0.947. The summed E-state index contributed by atoms with van der Waals surface area (Å²) in [4.78, 5) is 0. The van der Waals surface area contributed by atoms with Gasteiger partial charge in [0.15, 0.2) is 5.75 Å². The predicted molar refractivity (Wildman–Crippen MR) is 70.0 cm³/mol. The molecule has 0 radical (unpaired) electrons. The summed E-state index contributed by atoms with van der Waals surface area (Å²) in [6.45, 7) is 1.93. The monoisotopic (exact) mass is 295 g/mol. The molecule has 2 N–H and O–H groups in total. The topological polar surface area (TPSA) is 53.1 Å². The Balaban J connectivity index is 2.32. The van der Waals surface area contributed by atoms with Crippen molar-refractivity contribution in [2.24, 2.45) is 12.8 Å². The highest BCUT2D eigenvalue weighted by Crippen LogP contribution is 2.30. The van der Waals surface area contributed by atoms with Crippen molar-refractivity contribution in [3.05, 3.63) is 40.6 Å². The van der Waals surface area contributed by atoms with E-state index in [4.69, 9.17) is 10.5 Å². The molecule has 0 amide bonds. The Morgan fingerprint density at radius 2 is 2.24 bits per heavy atom. The van der Waals surface area contributed by atoms with E-state index in [-0.39, 0.29) is 6.04 Å². The molecule has 0 saturated carbocycles. The molecule has 0 aliphatic heterocycles. The molecule has 2 aromatic rings. The molecule has 0 fully saturated rings. The molecule has 1 aromatic heterocycles. The number of ether oxygens (including phenoxy) is 1. The minimum Gasteiger partial charge on any atom is -0.454 e. The molecule has 0 spiro atoms. The van der Waals surface area contributed by atoms with Gasteiger partial charge in [0.1, 0.15) is 5.75 Å². The van der Waals surface area contributed by atoms with Crippen molar-refractivity contribution >= 4 is 15.9 Å². The van der Waals surface area contributed by atoms with Gasteiger partial charge in [0.25, 0.3) is 0 Å². The average molecular weight is 296 g/mol. The fourth-order valence-corrected chi connectivity index (χ4v) is 1.93. The van der Waals surface area contributed by atoms with Crippen molar-refractivity contribution in [2.75, 3.05) is 0 Å². The van der Waals surface area contributed by atoms with E-state index >= 15 is 0 Å². The zero-order chi connectivity index (χ0) is 12.4. The van der Waals surface area contributed by atoms with E-state index in [0.717, 1.165) is 15.8 Å². The third-order valence-electron chi connectivity index (χ3n) is 2.37. The molecule has 0 bridgehead atoms. The van der Waals surface area contributed by atoms with Crippen molar-refractivity contribution in [3.63, 3.8) is 0 Å². The lowest BCUT2D eigenvalue weighted by atomic mass is 10.1. The summed E-state index contributed by atoms with van der Waals surface area (Å²) in [6, 6.07) is 5.71. The predicted octanol–water partition coefficient (Wildman–Crippen LogP) is 2.99. The Morgan fingerprint density at radius 3 is 2.82 bits per heavy atom. The number of aryl methyl sites for hydroxylation is 1. The maximum atomic E-state index is 5.92. The number of rotatable bonds is 3. The van der Waals surface area contributed by atoms with E-state index in [1.54, 1.807) is 10.9 Å². The van der Waals surface area contributed by atoms with E-state index in [0.29, 0.717) is 5.75 Å². The molecular weight excluding hydrogens is 282 g/mol. The average Bonchev–Trinajstić information content (AvgIpc) is 2.66. The fraction of sp³-hybridized carbons (Fsp3) is 0.250. The van der Waals surface area contributed by atoms with Gasteiger partial charge >= 0.3 is 0 Å². The van der Waals surface area contributed by atoms with Gasteiger partial charge in [-0.15, -0.1) is 0 Å². The van der Waals surface area contributed by atoms with Crippen molar-refractivity contribution in [3.8, 4) is 11.5 Å². The normalized spacial score (nSPS) is 12.5. The Kier molecular flexibility index (Phi) is 3.49. The number of aromatic nitrogens is 2. The Labute approximate surface area is 109 Å². The van der Waals surface area contributed by atoms with E-state index in [1.165, 1.54) is 0 Å². The lowest BCUT2D eigenvalue weighted by molar-refractivity contribution is 0.471. The molecule has 0 aliphatic carbocycles. The maximum Gasteiger partial charge on any atom is 0.165 e. The molecule has 1 unspecified atom stereocenters. The van der Waals surface area contributed by atoms with E-state index in [1.807, 2.05) is 38.4 Å². The zero-order valence-electron chi connectivity index (χ0n) is 9.72. The Bertz CT molecular complexity index is 522. The molecular formula is C12H14BrN3O. The minimum absolute atomic E-state index is 0.0841. The minimum atomic E-state index is -0.0841. The third-order valence-corrected chi connectivity index (χ3v) is 2.86. The van der Waals surface area contributed by atoms with Crippen molar-refractivity contribution < 1.29 is 4.74 Å². The first-order valence-corrected chi connectivity index (χ1v) is 6.07. The van der Waals surface area contributed by atoms with Gasteiger partial charge in [-0.3, -0.25) is 4.68 Å². The summed E-state index contributed by atoms with van der Waals surface area (Å²) in [6.07, 6.45) is 3.49. The van der Waals surface area contributed by atoms with Gasteiger partial charge in [-0.05, 0) is 25.1 Å². The fourth-order valence-electron chi connectivity index (χ4n) is 1.55. The number of halogens is 1. The molecule has 90 valence electrons. The molecule has 17 heavy (non-hydrogen) atoms. The molecule has 0 saturated heterocycles. The van der Waals surface area contributed by atoms with Crippen LogP contribution in [0.1, 0.15) is 18.5 Å². The van der Waals surface area contributed by atoms with Crippen LogP contribution in [0.5, 0.6) is 11.5 Å². The number of hydrogen-bond acceptors (Lipinski definition) is 3. The summed E-state index contributed by atoms with van der Waals surface area (Å²) >= 11 is 3.43. The van der Waals surface area contributed by atoms with Crippen LogP contribution in [-0.2, 0) is 7.05 Å². The van der Waals surface area contributed by atoms with Crippen molar-refractivity contribution in [1.29, 1.82) is 0 Å². The van der Waals surface area contributed by atoms with Crippen LogP contribution in [0.3, 0.4) is 0 Å². The van der Waals surface area contributed by atoms with Crippen molar-refractivity contribution in [1.82, 2.24) is 9.78 Å². The van der Waals surface area contributed by atoms with Gasteiger partial charge in [0.05, 0.1) is 12.4 Å². The van der Waals surface area contributed by atoms with Crippen molar-refractivity contribution in [2.45, 2.75) is 13.0 Å². The lowest BCUT2D eigenvalue weighted by Crippen LogP contribution is -2.06. The van der Waals surface area contributed by atoms with E-state index in [9.17, 15) is 0 Å². The van der Waals surface area contributed by atoms with Crippen LogP contribution < -0.4 is 10.5 Å². The SMILES string of the molecule is CC(N)c1cc(Br)ccc1Oc1cnn(C)c1. The summed E-state index contributed by atoms with van der Waals surface area (Å²) in [5.41, 5.74) is 6.88. The standard InChI is InChI=1S/C12H14BrN3O/c1-8(14)11-5-9(13)3-4-12(11)17-10-6-15-16(2)7-10/h3-8H,14H2,1-2H3. The highest BCUT2D eigenvalue weighted by atomic mass is 79.9. The summed E-state index contributed by atoms with van der Waals surface area (Å²) in [7, 11) is 1.85. The third kappa shape index (κ3) is 2.87. The highest BCUT2D eigenvalue weighted by Gasteiger charge is 2.10. The number of hydrogen-bond donors (Lipinski definition) is 1. The van der Waals surface area contributed by atoms with E-state index < -0.39 is 0 Å².